The van der Waals surface area contributed by atoms with Gasteiger partial charge in [0.25, 0.3) is 5.91 Å². The van der Waals surface area contributed by atoms with E-state index in [0.717, 1.165) is 54.5 Å². The zero-order chi connectivity index (χ0) is 23.2. The molecular formula is C25H36N4O3. The van der Waals surface area contributed by atoms with Crippen molar-refractivity contribution >= 4 is 11.9 Å². The first kappa shape index (κ1) is 25.0. The van der Waals surface area contributed by atoms with Crippen molar-refractivity contribution in [3.63, 3.8) is 0 Å². The van der Waals surface area contributed by atoms with Crippen LogP contribution in [0.4, 0.5) is 0 Å². The van der Waals surface area contributed by atoms with Crippen LogP contribution in [-0.2, 0) is 12.8 Å². The normalized spacial score (nSPS) is 11.1. The number of nitrogens with zero attached hydrogens (tertiary/aromatic N) is 1. The van der Waals surface area contributed by atoms with Gasteiger partial charge in [-0.3, -0.25) is 9.79 Å². The van der Waals surface area contributed by atoms with Crippen LogP contribution >= 0.6 is 0 Å². The summed E-state index contributed by atoms with van der Waals surface area (Å²) >= 11 is 0. The van der Waals surface area contributed by atoms with Gasteiger partial charge >= 0.3 is 0 Å². The summed E-state index contributed by atoms with van der Waals surface area (Å²) in [6.07, 6.45) is 1.60. The summed E-state index contributed by atoms with van der Waals surface area (Å²) < 4.78 is 11.3. The molecule has 0 fully saturated rings. The highest BCUT2D eigenvalue weighted by Gasteiger charge is 2.07. The van der Waals surface area contributed by atoms with Gasteiger partial charge < -0.3 is 25.4 Å². The third kappa shape index (κ3) is 8.13. The van der Waals surface area contributed by atoms with E-state index in [2.05, 4.69) is 22.0 Å². The van der Waals surface area contributed by atoms with Gasteiger partial charge in [-0.05, 0) is 69.0 Å². The quantitative estimate of drug-likeness (QED) is 0.349. The Morgan fingerprint density at radius 3 is 2.38 bits per heavy atom. The minimum Gasteiger partial charge on any atom is -0.490 e. The van der Waals surface area contributed by atoms with Crippen molar-refractivity contribution in [2.45, 2.75) is 33.6 Å². The number of aliphatic imine (C=N–C) groups is 1. The number of carbonyl (C=O) groups is 1. The zero-order valence-corrected chi connectivity index (χ0v) is 19.7. The van der Waals surface area contributed by atoms with Crippen molar-refractivity contribution in [3.05, 3.63) is 59.2 Å². The fourth-order valence-electron chi connectivity index (χ4n) is 3.23. The summed E-state index contributed by atoms with van der Waals surface area (Å²) in [5.41, 5.74) is 2.93. The predicted octanol–water partition coefficient (Wildman–Crippen LogP) is 3.18. The first-order chi connectivity index (χ1) is 15.6. The molecule has 32 heavy (non-hydrogen) atoms. The number of guanidine groups is 1. The van der Waals surface area contributed by atoms with Crippen molar-refractivity contribution in [2.75, 3.05) is 39.9 Å². The van der Waals surface area contributed by atoms with E-state index in [4.69, 9.17) is 14.5 Å². The largest absolute Gasteiger partial charge is 0.490 e. The molecule has 2 aromatic carbocycles. The molecule has 0 spiro atoms. The summed E-state index contributed by atoms with van der Waals surface area (Å²) in [5.74, 6) is 2.26. The van der Waals surface area contributed by atoms with E-state index in [-0.39, 0.29) is 5.91 Å². The number of carbonyl (C=O) groups excluding carboxylic acids is 1. The molecule has 0 radical (unpaired) electrons. The van der Waals surface area contributed by atoms with Crippen molar-refractivity contribution < 1.29 is 14.3 Å². The van der Waals surface area contributed by atoms with Gasteiger partial charge in [0, 0.05) is 32.2 Å². The minimum atomic E-state index is -0.0727. The van der Waals surface area contributed by atoms with Crippen molar-refractivity contribution in [3.8, 4) is 11.5 Å². The minimum absolute atomic E-state index is 0.0727. The highest BCUT2D eigenvalue weighted by atomic mass is 16.5. The lowest BCUT2D eigenvalue weighted by molar-refractivity contribution is 0.0963. The molecule has 7 nitrogen and oxygen atoms in total. The van der Waals surface area contributed by atoms with Crippen molar-refractivity contribution in [1.82, 2.24) is 16.0 Å². The van der Waals surface area contributed by atoms with Crippen LogP contribution < -0.4 is 25.4 Å². The van der Waals surface area contributed by atoms with E-state index < -0.39 is 0 Å². The van der Waals surface area contributed by atoms with Gasteiger partial charge in [-0.15, -0.1) is 0 Å². The standard InChI is InChI=1S/C25H36N4O3/c1-5-27-25(28-15-13-19-9-8-10-21(17-19)24(30)26-4)29-16-14-20-11-12-22(31-6-2)23(18-20)32-7-3/h8-12,17-18H,5-7,13-16H2,1-4H3,(H,26,30)(H2,27,28,29). The molecule has 0 unspecified atom stereocenters. The van der Waals surface area contributed by atoms with E-state index >= 15 is 0 Å². The highest BCUT2D eigenvalue weighted by molar-refractivity contribution is 5.94. The molecule has 0 atom stereocenters. The summed E-state index contributed by atoms with van der Waals surface area (Å²) in [6, 6.07) is 13.7. The number of ether oxygens (including phenoxy) is 2. The van der Waals surface area contributed by atoms with Crippen LogP contribution in [0.1, 0.15) is 42.3 Å². The van der Waals surface area contributed by atoms with Crippen LogP contribution in [0, 0.1) is 0 Å². The summed E-state index contributed by atoms with van der Waals surface area (Å²) in [5, 5.41) is 9.31. The fourth-order valence-corrected chi connectivity index (χ4v) is 3.23. The average Bonchev–Trinajstić information content (AvgIpc) is 2.80. The lowest BCUT2D eigenvalue weighted by Crippen LogP contribution is -2.38. The Morgan fingerprint density at radius 2 is 1.66 bits per heavy atom. The first-order valence-electron chi connectivity index (χ1n) is 11.3. The van der Waals surface area contributed by atoms with Crippen LogP contribution in [0.2, 0.25) is 0 Å². The molecule has 2 rings (SSSR count). The Kier molecular flexibility index (Phi) is 10.9. The number of nitrogens with one attached hydrogen (secondary N) is 3. The lowest BCUT2D eigenvalue weighted by atomic mass is 10.1. The van der Waals surface area contributed by atoms with E-state index in [1.54, 1.807) is 7.05 Å². The molecule has 0 saturated heterocycles. The van der Waals surface area contributed by atoms with E-state index in [0.29, 0.717) is 25.3 Å². The summed E-state index contributed by atoms with van der Waals surface area (Å²) in [4.78, 5) is 16.5. The Labute approximate surface area is 191 Å². The van der Waals surface area contributed by atoms with Crippen LogP contribution in [-0.4, -0.2) is 51.8 Å². The maximum absolute atomic E-state index is 11.8. The van der Waals surface area contributed by atoms with Gasteiger partial charge in [0.15, 0.2) is 17.5 Å². The fraction of sp³-hybridized carbons (Fsp3) is 0.440. The molecule has 0 aliphatic heterocycles. The molecule has 7 heteroatoms. The maximum atomic E-state index is 11.8. The second kappa shape index (κ2) is 14.0. The van der Waals surface area contributed by atoms with E-state index in [1.807, 2.05) is 57.2 Å². The predicted molar refractivity (Wildman–Crippen MR) is 130 cm³/mol. The molecule has 174 valence electrons. The van der Waals surface area contributed by atoms with E-state index in [1.165, 1.54) is 0 Å². The van der Waals surface area contributed by atoms with Crippen LogP contribution in [0.3, 0.4) is 0 Å². The van der Waals surface area contributed by atoms with Gasteiger partial charge in [0.05, 0.1) is 13.2 Å². The van der Waals surface area contributed by atoms with Crippen LogP contribution in [0.25, 0.3) is 0 Å². The maximum Gasteiger partial charge on any atom is 0.251 e. The molecule has 1 amide bonds. The van der Waals surface area contributed by atoms with Crippen molar-refractivity contribution in [1.29, 1.82) is 0 Å². The molecule has 0 aromatic heterocycles. The van der Waals surface area contributed by atoms with Crippen LogP contribution in [0.15, 0.2) is 47.5 Å². The third-order valence-electron chi connectivity index (χ3n) is 4.74. The number of amides is 1. The van der Waals surface area contributed by atoms with Crippen LogP contribution in [0.5, 0.6) is 11.5 Å². The zero-order valence-electron chi connectivity index (χ0n) is 19.7. The van der Waals surface area contributed by atoms with Gasteiger partial charge in [-0.1, -0.05) is 18.2 Å². The Bertz CT molecular complexity index is 883. The van der Waals surface area contributed by atoms with E-state index in [9.17, 15) is 4.79 Å². The third-order valence-corrected chi connectivity index (χ3v) is 4.74. The van der Waals surface area contributed by atoms with Gasteiger partial charge in [-0.2, -0.15) is 0 Å². The number of benzene rings is 2. The molecule has 0 saturated carbocycles. The topological polar surface area (TPSA) is 84.0 Å². The molecule has 3 N–H and O–H groups in total. The molecular weight excluding hydrogens is 404 g/mol. The molecule has 0 heterocycles. The molecule has 2 aromatic rings. The first-order valence-corrected chi connectivity index (χ1v) is 11.3. The monoisotopic (exact) mass is 440 g/mol. The average molecular weight is 441 g/mol. The molecule has 0 aliphatic rings. The second-order valence-corrected chi connectivity index (χ2v) is 7.11. The summed E-state index contributed by atoms with van der Waals surface area (Å²) in [7, 11) is 1.64. The van der Waals surface area contributed by atoms with Crippen molar-refractivity contribution in [2.24, 2.45) is 4.99 Å². The Morgan fingerprint density at radius 1 is 0.906 bits per heavy atom. The molecule has 0 aliphatic carbocycles. The number of rotatable bonds is 12. The van der Waals surface area contributed by atoms with Gasteiger partial charge in [0.2, 0.25) is 0 Å². The number of hydrogen-bond acceptors (Lipinski definition) is 4. The Hall–Kier alpha value is -3.22. The highest BCUT2D eigenvalue weighted by Crippen LogP contribution is 2.28. The van der Waals surface area contributed by atoms with Gasteiger partial charge in [-0.25, -0.2) is 0 Å². The SMILES string of the molecule is CCNC(=NCCc1ccc(OCC)c(OCC)c1)NCCc1cccc(C(=O)NC)c1. The smallest absolute Gasteiger partial charge is 0.251 e. The van der Waals surface area contributed by atoms with Gasteiger partial charge in [0.1, 0.15) is 0 Å². The molecule has 0 bridgehead atoms. The number of hydrogen-bond donors (Lipinski definition) is 3. The second-order valence-electron chi connectivity index (χ2n) is 7.11. The Balaban J connectivity index is 1.91. The summed E-state index contributed by atoms with van der Waals surface area (Å²) in [6.45, 7) is 9.35. The lowest BCUT2D eigenvalue weighted by Gasteiger charge is -2.13.